The molecule has 0 amide bonds. The fourth-order valence-corrected chi connectivity index (χ4v) is 4.76. The number of ether oxygens (including phenoxy) is 1. The van der Waals surface area contributed by atoms with Crippen molar-refractivity contribution in [1.82, 2.24) is 25.2 Å². The molecule has 3 aromatic rings. The smallest absolute Gasteiger partial charge is 0.209 e. The van der Waals surface area contributed by atoms with Crippen LogP contribution in [0.5, 0.6) is 0 Å². The van der Waals surface area contributed by atoms with Gasteiger partial charge in [-0.15, -0.1) is 16.4 Å². The molecule has 27 heavy (non-hydrogen) atoms. The Hall–Kier alpha value is -1.77. The largest absolute Gasteiger partial charge is 0.376 e. The second-order valence-corrected chi connectivity index (χ2v) is 8.79. The molecule has 1 saturated heterocycles. The number of aromatic nitrogens is 5. The molecule has 2 aromatic heterocycles. The first kappa shape index (κ1) is 18.6. The fourth-order valence-electron chi connectivity index (χ4n) is 3.05. The maximum absolute atomic E-state index is 5.68. The summed E-state index contributed by atoms with van der Waals surface area (Å²) < 4.78 is 7.53. The third kappa shape index (κ3) is 4.56. The van der Waals surface area contributed by atoms with Crippen LogP contribution in [0, 0.1) is 0 Å². The molecule has 1 fully saturated rings. The molecule has 6 nitrogen and oxygen atoms in total. The lowest BCUT2D eigenvalue weighted by molar-refractivity contribution is 0.0912. The van der Waals surface area contributed by atoms with Crippen LogP contribution >= 0.6 is 23.1 Å². The van der Waals surface area contributed by atoms with Gasteiger partial charge in [-0.3, -0.25) is 0 Å². The molecule has 3 heterocycles. The van der Waals surface area contributed by atoms with Crippen LogP contribution in [0.1, 0.15) is 43.9 Å². The number of thioether (sulfide) groups is 1. The summed E-state index contributed by atoms with van der Waals surface area (Å²) in [6.45, 7) is 5.98. The van der Waals surface area contributed by atoms with E-state index in [0.717, 1.165) is 47.6 Å². The Morgan fingerprint density at radius 3 is 2.89 bits per heavy atom. The molecule has 0 unspecified atom stereocenters. The lowest BCUT2D eigenvalue weighted by Gasteiger charge is -2.09. The second-order valence-electron chi connectivity index (χ2n) is 6.99. The Balaban J connectivity index is 1.38. The number of hydrogen-bond donors (Lipinski definition) is 0. The van der Waals surface area contributed by atoms with Gasteiger partial charge in [0.2, 0.25) is 5.16 Å². The first-order valence-corrected chi connectivity index (χ1v) is 11.1. The Labute approximate surface area is 167 Å². The highest BCUT2D eigenvalue weighted by Crippen LogP contribution is 2.28. The van der Waals surface area contributed by atoms with Crippen LogP contribution in [0.3, 0.4) is 0 Å². The van der Waals surface area contributed by atoms with Crippen molar-refractivity contribution in [2.75, 3.05) is 6.61 Å². The Morgan fingerprint density at radius 1 is 1.30 bits per heavy atom. The van der Waals surface area contributed by atoms with E-state index >= 15 is 0 Å². The van der Waals surface area contributed by atoms with Gasteiger partial charge in [0.25, 0.3) is 0 Å². The summed E-state index contributed by atoms with van der Waals surface area (Å²) >= 11 is 3.30. The van der Waals surface area contributed by atoms with E-state index in [1.165, 1.54) is 11.1 Å². The van der Waals surface area contributed by atoms with Gasteiger partial charge in [0.05, 0.1) is 18.3 Å². The van der Waals surface area contributed by atoms with Crippen LogP contribution in [-0.4, -0.2) is 37.9 Å². The summed E-state index contributed by atoms with van der Waals surface area (Å²) in [6, 6.07) is 8.70. The normalized spacial score (nSPS) is 17.1. The predicted octanol–water partition coefficient (Wildman–Crippen LogP) is 4.39. The number of rotatable bonds is 7. The average Bonchev–Trinajstić information content (AvgIpc) is 3.43. The zero-order chi connectivity index (χ0) is 18.6. The second kappa shape index (κ2) is 8.50. The molecule has 0 aliphatic carbocycles. The molecular weight excluding hydrogens is 378 g/mol. The summed E-state index contributed by atoms with van der Waals surface area (Å²) in [5.74, 6) is 1.30. The quantitative estimate of drug-likeness (QED) is 0.547. The van der Waals surface area contributed by atoms with Gasteiger partial charge in [-0.05, 0) is 34.7 Å². The fraction of sp³-hybridized carbons (Fsp3) is 0.474. The highest BCUT2D eigenvalue weighted by atomic mass is 32.2. The number of tetrazole rings is 1. The zero-order valence-corrected chi connectivity index (χ0v) is 17.2. The summed E-state index contributed by atoms with van der Waals surface area (Å²) in [5, 5.41) is 16.1. The minimum atomic E-state index is 0.229. The van der Waals surface area contributed by atoms with Crippen molar-refractivity contribution >= 4 is 23.1 Å². The Bertz CT molecular complexity index is 868. The van der Waals surface area contributed by atoms with Gasteiger partial charge in [-0.2, -0.15) is 0 Å². The molecule has 0 saturated carbocycles. The molecule has 0 bridgehead atoms. The number of thiazole rings is 1. The van der Waals surface area contributed by atoms with Crippen molar-refractivity contribution in [3.63, 3.8) is 0 Å². The lowest BCUT2D eigenvalue weighted by atomic mass is 10.0. The first-order valence-electron chi connectivity index (χ1n) is 9.24. The topological polar surface area (TPSA) is 65.7 Å². The number of hydrogen-bond acceptors (Lipinski definition) is 7. The molecule has 1 atom stereocenters. The minimum absolute atomic E-state index is 0.229. The standard InChI is InChI=1S/C19H23N5OS2/c1-13(2)14-5-7-15(8-6-14)18-20-16(11-26-18)12-27-19-21-22-23-24(19)10-17-4-3-9-25-17/h5-8,11,13,17H,3-4,9-10,12H2,1-2H3/t17-/m1/s1. The van der Waals surface area contributed by atoms with Crippen LogP contribution in [0.2, 0.25) is 0 Å². The summed E-state index contributed by atoms with van der Waals surface area (Å²) in [5.41, 5.74) is 3.58. The number of nitrogens with zero attached hydrogens (tertiary/aromatic N) is 5. The maximum atomic E-state index is 5.68. The highest BCUT2D eigenvalue weighted by Gasteiger charge is 2.19. The molecule has 0 N–H and O–H groups in total. The Morgan fingerprint density at radius 2 is 2.15 bits per heavy atom. The number of benzene rings is 1. The molecular formula is C19H23N5OS2. The molecule has 0 radical (unpaired) electrons. The van der Waals surface area contributed by atoms with Gasteiger partial charge in [0.1, 0.15) is 5.01 Å². The third-order valence-electron chi connectivity index (χ3n) is 4.62. The van der Waals surface area contributed by atoms with Crippen molar-refractivity contribution in [2.24, 2.45) is 0 Å². The predicted molar refractivity (Wildman–Crippen MR) is 108 cm³/mol. The summed E-state index contributed by atoms with van der Waals surface area (Å²) in [7, 11) is 0. The van der Waals surface area contributed by atoms with Crippen molar-refractivity contribution < 1.29 is 4.74 Å². The van der Waals surface area contributed by atoms with E-state index < -0.39 is 0 Å². The SMILES string of the molecule is CC(C)c1ccc(-c2nc(CSc3nnnn3C[C@H]3CCCO3)cs2)cc1. The van der Waals surface area contributed by atoms with Gasteiger partial charge in [0, 0.05) is 23.3 Å². The molecule has 1 aliphatic heterocycles. The van der Waals surface area contributed by atoms with Crippen molar-refractivity contribution in [1.29, 1.82) is 0 Å². The lowest BCUT2D eigenvalue weighted by Crippen LogP contribution is -2.16. The summed E-state index contributed by atoms with van der Waals surface area (Å²) in [6.07, 6.45) is 2.43. The van der Waals surface area contributed by atoms with Crippen LogP contribution in [-0.2, 0) is 17.0 Å². The molecule has 142 valence electrons. The molecule has 0 spiro atoms. The van der Waals surface area contributed by atoms with E-state index in [9.17, 15) is 0 Å². The van der Waals surface area contributed by atoms with Crippen LogP contribution < -0.4 is 0 Å². The molecule has 1 aromatic carbocycles. The van der Waals surface area contributed by atoms with Crippen molar-refractivity contribution in [3.05, 3.63) is 40.9 Å². The maximum Gasteiger partial charge on any atom is 0.209 e. The van der Waals surface area contributed by atoms with Gasteiger partial charge in [0.15, 0.2) is 0 Å². The van der Waals surface area contributed by atoms with E-state index in [1.54, 1.807) is 23.1 Å². The van der Waals surface area contributed by atoms with Gasteiger partial charge in [-0.1, -0.05) is 49.9 Å². The van der Waals surface area contributed by atoms with E-state index in [0.29, 0.717) is 5.92 Å². The van der Waals surface area contributed by atoms with Crippen LogP contribution in [0.25, 0.3) is 10.6 Å². The molecule has 1 aliphatic rings. The third-order valence-corrected chi connectivity index (χ3v) is 6.56. The van der Waals surface area contributed by atoms with Gasteiger partial charge in [-0.25, -0.2) is 9.67 Å². The first-order chi connectivity index (χ1) is 13.2. The average molecular weight is 402 g/mol. The summed E-state index contributed by atoms with van der Waals surface area (Å²) in [4.78, 5) is 4.78. The minimum Gasteiger partial charge on any atom is -0.376 e. The zero-order valence-electron chi connectivity index (χ0n) is 15.5. The van der Waals surface area contributed by atoms with Crippen molar-refractivity contribution in [3.8, 4) is 10.6 Å². The monoisotopic (exact) mass is 401 g/mol. The van der Waals surface area contributed by atoms with E-state index in [1.807, 2.05) is 4.68 Å². The van der Waals surface area contributed by atoms with E-state index in [2.05, 4.69) is 59.0 Å². The van der Waals surface area contributed by atoms with E-state index in [-0.39, 0.29) is 6.10 Å². The Kier molecular flexibility index (Phi) is 5.85. The van der Waals surface area contributed by atoms with Gasteiger partial charge >= 0.3 is 0 Å². The highest BCUT2D eigenvalue weighted by molar-refractivity contribution is 7.98. The van der Waals surface area contributed by atoms with Gasteiger partial charge < -0.3 is 4.74 Å². The van der Waals surface area contributed by atoms with Crippen LogP contribution in [0.4, 0.5) is 0 Å². The van der Waals surface area contributed by atoms with Crippen molar-refractivity contribution in [2.45, 2.75) is 56.2 Å². The van der Waals surface area contributed by atoms with Crippen LogP contribution in [0.15, 0.2) is 34.8 Å². The molecule has 4 rings (SSSR count). The molecule has 8 heteroatoms. The van der Waals surface area contributed by atoms with E-state index in [4.69, 9.17) is 9.72 Å².